The molecule has 4 amide bonds. The summed E-state index contributed by atoms with van der Waals surface area (Å²) < 4.78 is 2.01. The number of benzene rings is 1. The Bertz CT molecular complexity index is 786. The molecule has 1 fully saturated rings. The van der Waals surface area contributed by atoms with Crippen LogP contribution in [0.4, 0.5) is 4.79 Å². The average molecular weight is 355 g/mol. The highest BCUT2D eigenvalue weighted by molar-refractivity contribution is 6.04. The van der Waals surface area contributed by atoms with Crippen LogP contribution in [0.3, 0.4) is 0 Å². The number of imidazole rings is 1. The minimum atomic E-state index is -0.532. The van der Waals surface area contributed by atoms with E-state index in [0.717, 1.165) is 16.3 Å². The lowest BCUT2D eigenvalue weighted by Gasteiger charge is -2.21. The highest BCUT2D eigenvalue weighted by atomic mass is 16.2. The molecule has 1 aliphatic heterocycles. The number of urea groups is 1. The van der Waals surface area contributed by atoms with Crippen molar-refractivity contribution in [3.05, 3.63) is 54.1 Å². The molecule has 1 aromatic carbocycles. The van der Waals surface area contributed by atoms with Crippen LogP contribution in [0, 0.1) is 6.92 Å². The lowest BCUT2D eigenvalue weighted by molar-refractivity contribution is -0.131. The van der Waals surface area contributed by atoms with E-state index in [1.807, 2.05) is 48.0 Å². The first-order chi connectivity index (χ1) is 12.5. The van der Waals surface area contributed by atoms with Gasteiger partial charge in [-0.15, -0.1) is 0 Å². The monoisotopic (exact) mass is 355 g/mol. The topological polar surface area (TPSA) is 96.3 Å². The summed E-state index contributed by atoms with van der Waals surface area (Å²) in [6, 6.07) is 8.86. The molecule has 0 spiro atoms. The van der Waals surface area contributed by atoms with E-state index in [1.165, 1.54) is 0 Å². The van der Waals surface area contributed by atoms with Gasteiger partial charge in [-0.25, -0.2) is 9.78 Å². The summed E-state index contributed by atoms with van der Waals surface area (Å²) in [6.45, 7) is 2.27. The summed E-state index contributed by atoms with van der Waals surface area (Å²) in [5, 5.41) is 5.34. The molecule has 3 rings (SSSR count). The van der Waals surface area contributed by atoms with E-state index in [0.29, 0.717) is 13.0 Å². The quantitative estimate of drug-likeness (QED) is 0.724. The van der Waals surface area contributed by atoms with Crippen LogP contribution in [0.25, 0.3) is 0 Å². The Balaban J connectivity index is 1.67. The molecule has 1 aromatic heterocycles. The Morgan fingerprint density at radius 2 is 2.08 bits per heavy atom. The molecule has 2 N–H and O–H groups in total. The lowest BCUT2D eigenvalue weighted by Crippen LogP contribution is -2.42. The van der Waals surface area contributed by atoms with Crippen LogP contribution in [0.1, 0.15) is 23.9 Å². The zero-order valence-electron chi connectivity index (χ0n) is 14.5. The number of aromatic nitrogens is 2. The fourth-order valence-electron chi connectivity index (χ4n) is 2.91. The lowest BCUT2D eigenvalue weighted by atomic mass is 10.0. The molecule has 1 saturated heterocycles. The van der Waals surface area contributed by atoms with Gasteiger partial charge in [0.1, 0.15) is 12.4 Å². The van der Waals surface area contributed by atoms with Crippen LogP contribution in [-0.4, -0.2) is 45.4 Å². The molecule has 0 saturated carbocycles. The maximum absolute atomic E-state index is 12.4. The number of carbonyl (C=O) groups is 3. The van der Waals surface area contributed by atoms with Crippen molar-refractivity contribution in [3.8, 4) is 0 Å². The number of hydrogen-bond donors (Lipinski definition) is 2. The Morgan fingerprint density at radius 3 is 2.69 bits per heavy atom. The number of nitrogens with zero attached hydrogens (tertiary/aromatic N) is 3. The third kappa shape index (κ3) is 4.08. The van der Waals surface area contributed by atoms with Gasteiger partial charge in [-0.05, 0) is 18.9 Å². The number of nitrogens with one attached hydrogen (secondary N) is 2. The third-order valence-corrected chi connectivity index (χ3v) is 4.36. The second kappa shape index (κ2) is 7.81. The third-order valence-electron chi connectivity index (χ3n) is 4.36. The van der Waals surface area contributed by atoms with E-state index in [-0.39, 0.29) is 25.0 Å². The van der Waals surface area contributed by atoms with E-state index >= 15 is 0 Å². The molecule has 1 aliphatic rings. The van der Waals surface area contributed by atoms with Crippen molar-refractivity contribution < 1.29 is 14.4 Å². The van der Waals surface area contributed by atoms with E-state index < -0.39 is 11.9 Å². The van der Waals surface area contributed by atoms with Gasteiger partial charge >= 0.3 is 6.03 Å². The molecule has 1 unspecified atom stereocenters. The maximum atomic E-state index is 12.4. The molecule has 0 aliphatic carbocycles. The van der Waals surface area contributed by atoms with Gasteiger partial charge in [0.25, 0.3) is 5.91 Å². The molecule has 2 aromatic rings. The number of rotatable bonds is 7. The zero-order chi connectivity index (χ0) is 18.5. The van der Waals surface area contributed by atoms with Gasteiger partial charge in [-0.2, -0.15) is 0 Å². The van der Waals surface area contributed by atoms with Crippen LogP contribution < -0.4 is 10.6 Å². The molecule has 1 atom stereocenters. The van der Waals surface area contributed by atoms with Gasteiger partial charge in [0.15, 0.2) is 0 Å². The fraction of sp³-hybridized carbons (Fsp3) is 0.333. The summed E-state index contributed by atoms with van der Waals surface area (Å²) >= 11 is 0. The number of imide groups is 1. The predicted molar refractivity (Wildman–Crippen MR) is 94.0 cm³/mol. The van der Waals surface area contributed by atoms with Crippen LogP contribution in [0.5, 0.6) is 0 Å². The van der Waals surface area contributed by atoms with Crippen molar-refractivity contribution in [2.45, 2.75) is 25.9 Å². The second-order valence-corrected chi connectivity index (χ2v) is 6.13. The Hall–Kier alpha value is -3.16. The van der Waals surface area contributed by atoms with Gasteiger partial charge in [-0.3, -0.25) is 14.5 Å². The predicted octanol–water partition coefficient (Wildman–Crippen LogP) is 0.991. The first-order valence-electron chi connectivity index (χ1n) is 8.45. The normalized spacial score (nSPS) is 15.0. The molecule has 0 radical (unpaired) electrons. The van der Waals surface area contributed by atoms with Gasteiger partial charge in [0.05, 0.1) is 12.6 Å². The van der Waals surface area contributed by atoms with Crippen molar-refractivity contribution in [2.75, 3.05) is 13.1 Å². The van der Waals surface area contributed by atoms with Crippen molar-refractivity contribution in [2.24, 2.45) is 0 Å². The zero-order valence-corrected chi connectivity index (χ0v) is 14.5. The number of hydrogen-bond acceptors (Lipinski definition) is 4. The Kier molecular flexibility index (Phi) is 5.31. The molecule has 0 bridgehead atoms. The van der Waals surface area contributed by atoms with Crippen molar-refractivity contribution in [3.63, 3.8) is 0 Å². The van der Waals surface area contributed by atoms with Crippen molar-refractivity contribution >= 4 is 17.8 Å². The summed E-state index contributed by atoms with van der Waals surface area (Å²) in [5.41, 5.74) is 0.968. The van der Waals surface area contributed by atoms with Crippen molar-refractivity contribution in [1.29, 1.82) is 0 Å². The van der Waals surface area contributed by atoms with Crippen molar-refractivity contribution in [1.82, 2.24) is 25.1 Å². The van der Waals surface area contributed by atoms with Gasteiger partial charge in [0.2, 0.25) is 5.91 Å². The molecule has 8 heteroatoms. The summed E-state index contributed by atoms with van der Waals surface area (Å²) in [5.74, 6) is 0.143. The minimum Gasteiger partial charge on any atom is -0.348 e. The highest BCUT2D eigenvalue weighted by Crippen LogP contribution is 2.18. The first kappa shape index (κ1) is 17.7. The van der Waals surface area contributed by atoms with E-state index in [9.17, 15) is 14.4 Å². The molecule has 26 heavy (non-hydrogen) atoms. The smallest absolute Gasteiger partial charge is 0.325 e. The van der Waals surface area contributed by atoms with E-state index in [4.69, 9.17) is 0 Å². The molecule has 2 heterocycles. The Morgan fingerprint density at radius 1 is 1.31 bits per heavy atom. The standard InChI is InChI=1S/C18H21N5O3/c1-13-19-8-10-22(13)9-7-15(14-5-3-2-4-6-14)21-16(24)12-23-17(25)11-20-18(23)26/h2-6,8,10,15H,7,9,11-12H2,1H3,(H,20,26)(H,21,24). The summed E-state index contributed by atoms with van der Waals surface area (Å²) in [4.78, 5) is 40.8. The van der Waals surface area contributed by atoms with Crippen LogP contribution in [0.2, 0.25) is 0 Å². The van der Waals surface area contributed by atoms with Crippen LogP contribution in [-0.2, 0) is 16.1 Å². The average Bonchev–Trinajstić information content (AvgIpc) is 3.19. The summed E-state index contributed by atoms with van der Waals surface area (Å²) in [6.07, 6.45) is 4.29. The maximum Gasteiger partial charge on any atom is 0.325 e. The van der Waals surface area contributed by atoms with Crippen LogP contribution >= 0.6 is 0 Å². The largest absolute Gasteiger partial charge is 0.348 e. The number of amides is 4. The Labute approximate surface area is 151 Å². The molecular weight excluding hydrogens is 334 g/mol. The van der Waals surface area contributed by atoms with Gasteiger partial charge in [-0.1, -0.05) is 30.3 Å². The minimum absolute atomic E-state index is 0.0614. The second-order valence-electron chi connectivity index (χ2n) is 6.13. The fourth-order valence-corrected chi connectivity index (χ4v) is 2.91. The van der Waals surface area contributed by atoms with Crippen LogP contribution in [0.15, 0.2) is 42.7 Å². The molecule has 136 valence electrons. The van der Waals surface area contributed by atoms with E-state index in [1.54, 1.807) is 6.20 Å². The van der Waals surface area contributed by atoms with Gasteiger partial charge < -0.3 is 15.2 Å². The SMILES string of the molecule is Cc1nccn1CCC(NC(=O)CN1C(=O)CNC1=O)c1ccccc1. The highest BCUT2D eigenvalue weighted by Gasteiger charge is 2.30. The van der Waals surface area contributed by atoms with Gasteiger partial charge in [0, 0.05) is 18.9 Å². The molecule has 8 nitrogen and oxygen atoms in total. The molecular formula is C18H21N5O3. The number of aryl methyl sites for hydroxylation is 2. The van der Waals surface area contributed by atoms with E-state index in [2.05, 4.69) is 15.6 Å². The number of carbonyl (C=O) groups excluding carboxylic acids is 3. The summed E-state index contributed by atoms with van der Waals surface area (Å²) in [7, 11) is 0. The first-order valence-corrected chi connectivity index (χ1v) is 8.45.